The minimum atomic E-state index is 0.164. The van der Waals surface area contributed by atoms with Crippen LogP contribution in [0.1, 0.15) is 38.5 Å². The molecule has 96 valence electrons. The highest BCUT2D eigenvalue weighted by molar-refractivity contribution is 6.01. The fraction of sp³-hybridized carbons (Fsp3) is 0.875. The molecule has 5 fully saturated rings. The van der Waals surface area contributed by atoms with Crippen LogP contribution in [-0.4, -0.2) is 11.6 Å². The maximum absolute atomic E-state index is 12.9. The molecule has 2 nitrogen and oxygen atoms in total. The van der Waals surface area contributed by atoms with Crippen LogP contribution in [0, 0.1) is 47.3 Å². The minimum Gasteiger partial charge on any atom is -0.299 e. The molecule has 0 aromatic rings. The average molecular weight is 244 g/mol. The lowest BCUT2D eigenvalue weighted by Crippen LogP contribution is -2.51. The van der Waals surface area contributed by atoms with Gasteiger partial charge in [-0.3, -0.25) is 9.59 Å². The van der Waals surface area contributed by atoms with E-state index in [2.05, 4.69) is 0 Å². The highest BCUT2D eigenvalue weighted by atomic mass is 16.1. The summed E-state index contributed by atoms with van der Waals surface area (Å²) in [7, 11) is 0. The van der Waals surface area contributed by atoms with Gasteiger partial charge in [0.05, 0.1) is 0 Å². The topological polar surface area (TPSA) is 34.1 Å². The monoisotopic (exact) mass is 244 g/mol. The van der Waals surface area contributed by atoms with Crippen molar-refractivity contribution in [1.82, 2.24) is 0 Å². The SMILES string of the molecule is O=C1C2C(C(=O)C3C1[C@@H]1CC[C@H]3C1)[C@H]1CC[C@@H]2C1. The van der Waals surface area contributed by atoms with Gasteiger partial charge in [0.1, 0.15) is 11.6 Å². The summed E-state index contributed by atoms with van der Waals surface area (Å²) >= 11 is 0. The molecular weight excluding hydrogens is 224 g/mol. The van der Waals surface area contributed by atoms with Crippen LogP contribution in [0.2, 0.25) is 0 Å². The van der Waals surface area contributed by atoms with Crippen LogP contribution in [0.5, 0.6) is 0 Å². The van der Waals surface area contributed by atoms with Gasteiger partial charge in [-0.05, 0) is 62.2 Å². The van der Waals surface area contributed by atoms with Crippen molar-refractivity contribution in [3.8, 4) is 0 Å². The van der Waals surface area contributed by atoms with E-state index >= 15 is 0 Å². The Hall–Kier alpha value is -0.660. The second-order valence-electron chi connectivity index (χ2n) is 7.57. The molecule has 8 atom stereocenters. The molecule has 5 aliphatic carbocycles. The Morgan fingerprint density at radius 1 is 0.556 bits per heavy atom. The number of hydrogen-bond donors (Lipinski definition) is 0. The van der Waals surface area contributed by atoms with Gasteiger partial charge in [0.2, 0.25) is 0 Å². The number of hydrogen-bond acceptors (Lipinski definition) is 2. The quantitative estimate of drug-likeness (QED) is 0.656. The standard InChI is InChI=1S/C16H20O2/c17-15-11-7-1-2-8(5-7)12(11)16(18)14-10-4-3-9(6-10)13(14)15/h7-14H,1-6H2/t7-,8+,9-,10+,11?,12?,13?,14?. The lowest BCUT2D eigenvalue weighted by atomic mass is 9.58. The van der Waals surface area contributed by atoms with E-state index in [0.29, 0.717) is 35.2 Å². The maximum Gasteiger partial charge on any atom is 0.141 e. The van der Waals surface area contributed by atoms with Crippen molar-refractivity contribution < 1.29 is 9.59 Å². The van der Waals surface area contributed by atoms with Gasteiger partial charge in [0.15, 0.2) is 0 Å². The van der Waals surface area contributed by atoms with Crippen LogP contribution in [0.15, 0.2) is 0 Å². The first-order valence-corrected chi connectivity index (χ1v) is 7.83. The van der Waals surface area contributed by atoms with Crippen LogP contribution in [0.3, 0.4) is 0 Å². The molecule has 0 saturated heterocycles. The normalized spacial score (nSPS) is 60.2. The summed E-state index contributed by atoms with van der Waals surface area (Å²) in [6.45, 7) is 0. The number of rotatable bonds is 0. The van der Waals surface area contributed by atoms with Gasteiger partial charge < -0.3 is 0 Å². The summed E-state index contributed by atoms with van der Waals surface area (Å²) in [5.41, 5.74) is 0. The predicted octanol–water partition coefficient (Wildman–Crippen LogP) is 2.46. The predicted molar refractivity (Wildman–Crippen MR) is 65.6 cm³/mol. The van der Waals surface area contributed by atoms with Gasteiger partial charge in [-0.1, -0.05) is 0 Å². The number of carbonyl (C=O) groups excluding carboxylic acids is 2. The molecular formula is C16H20O2. The lowest BCUT2D eigenvalue weighted by molar-refractivity contribution is -0.152. The number of fused-ring (bicyclic) bond motifs is 10. The molecule has 4 bridgehead atoms. The average Bonchev–Trinajstić information content (AvgIpc) is 3.10. The summed E-state index contributed by atoms with van der Waals surface area (Å²) in [5.74, 6) is 4.04. The molecule has 0 aromatic carbocycles. The Labute approximate surface area is 108 Å². The molecule has 0 heterocycles. The molecule has 0 aromatic heterocycles. The van der Waals surface area contributed by atoms with Crippen molar-refractivity contribution in [3.05, 3.63) is 0 Å². The van der Waals surface area contributed by atoms with E-state index in [-0.39, 0.29) is 23.7 Å². The molecule has 18 heavy (non-hydrogen) atoms. The van der Waals surface area contributed by atoms with E-state index in [9.17, 15) is 9.59 Å². The largest absolute Gasteiger partial charge is 0.299 e. The Balaban J connectivity index is 1.61. The van der Waals surface area contributed by atoms with E-state index in [1.165, 1.54) is 38.5 Å². The van der Waals surface area contributed by atoms with Gasteiger partial charge in [-0.15, -0.1) is 0 Å². The van der Waals surface area contributed by atoms with Crippen LogP contribution in [-0.2, 0) is 9.59 Å². The lowest BCUT2D eigenvalue weighted by Gasteiger charge is -2.42. The minimum absolute atomic E-state index is 0.164. The number of Topliss-reactive ketones (excluding diaryl/α,β-unsaturated/α-hetero) is 2. The second kappa shape index (κ2) is 3.08. The summed E-state index contributed by atoms with van der Waals surface area (Å²) in [4.78, 5) is 25.7. The van der Waals surface area contributed by atoms with Gasteiger partial charge in [-0.25, -0.2) is 0 Å². The van der Waals surface area contributed by atoms with Crippen LogP contribution in [0.25, 0.3) is 0 Å². The molecule has 5 rings (SSSR count). The summed E-state index contributed by atoms with van der Waals surface area (Å²) in [6.07, 6.45) is 7.24. The van der Waals surface area contributed by atoms with Crippen molar-refractivity contribution >= 4 is 11.6 Å². The van der Waals surface area contributed by atoms with E-state index in [1.54, 1.807) is 0 Å². The summed E-state index contributed by atoms with van der Waals surface area (Å²) < 4.78 is 0. The first-order valence-electron chi connectivity index (χ1n) is 7.83. The molecule has 0 radical (unpaired) electrons. The fourth-order valence-corrected chi connectivity index (χ4v) is 6.66. The zero-order chi connectivity index (χ0) is 12.0. The zero-order valence-corrected chi connectivity index (χ0v) is 10.7. The van der Waals surface area contributed by atoms with Crippen LogP contribution in [0.4, 0.5) is 0 Å². The first kappa shape index (κ1) is 10.2. The molecule has 0 spiro atoms. The van der Waals surface area contributed by atoms with Crippen molar-refractivity contribution in [3.63, 3.8) is 0 Å². The molecule has 0 aliphatic heterocycles. The molecule has 0 N–H and O–H groups in total. The molecule has 5 saturated carbocycles. The smallest absolute Gasteiger partial charge is 0.141 e. The first-order chi connectivity index (χ1) is 8.75. The van der Waals surface area contributed by atoms with Crippen LogP contribution >= 0.6 is 0 Å². The molecule has 0 amide bonds. The zero-order valence-electron chi connectivity index (χ0n) is 10.7. The third kappa shape index (κ3) is 0.959. The molecule has 2 heteroatoms. The van der Waals surface area contributed by atoms with Gasteiger partial charge >= 0.3 is 0 Å². The van der Waals surface area contributed by atoms with Crippen LogP contribution < -0.4 is 0 Å². The van der Waals surface area contributed by atoms with Crippen molar-refractivity contribution in [2.45, 2.75) is 38.5 Å². The Morgan fingerprint density at radius 3 is 1.11 bits per heavy atom. The third-order valence-corrected chi connectivity index (χ3v) is 7.15. The van der Waals surface area contributed by atoms with Gasteiger partial charge in [0.25, 0.3) is 0 Å². The number of carbonyl (C=O) groups is 2. The maximum atomic E-state index is 12.9. The fourth-order valence-electron chi connectivity index (χ4n) is 6.66. The number of ketones is 2. The Morgan fingerprint density at radius 2 is 0.833 bits per heavy atom. The van der Waals surface area contributed by atoms with E-state index in [0.717, 1.165) is 0 Å². The second-order valence-corrected chi connectivity index (χ2v) is 7.57. The van der Waals surface area contributed by atoms with Crippen molar-refractivity contribution in [2.75, 3.05) is 0 Å². The highest BCUT2D eigenvalue weighted by Crippen LogP contribution is 2.63. The van der Waals surface area contributed by atoms with Gasteiger partial charge in [0, 0.05) is 23.7 Å². The van der Waals surface area contributed by atoms with Gasteiger partial charge in [-0.2, -0.15) is 0 Å². The van der Waals surface area contributed by atoms with Crippen molar-refractivity contribution in [2.24, 2.45) is 47.3 Å². The third-order valence-electron chi connectivity index (χ3n) is 7.15. The highest BCUT2D eigenvalue weighted by Gasteiger charge is 2.65. The van der Waals surface area contributed by atoms with E-state index < -0.39 is 0 Å². The van der Waals surface area contributed by atoms with Crippen molar-refractivity contribution in [1.29, 1.82) is 0 Å². The van der Waals surface area contributed by atoms with E-state index in [1.807, 2.05) is 0 Å². The van der Waals surface area contributed by atoms with E-state index in [4.69, 9.17) is 0 Å². The summed E-state index contributed by atoms with van der Waals surface area (Å²) in [5, 5.41) is 0. The molecule has 5 aliphatic rings. The Kier molecular flexibility index (Phi) is 1.74. The summed E-state index contributed by atoms with van der Waals surface area (Å²) in [6, 6.07) is 0. The Bertz CT molecular complexity index is 376. The molecule has 4 unspecified atom stereocenters.